The van der Waals surface area contributed by atoms with Crippen LogP contribution in [0, 0.1) is 0 Å². The number of aromatic nitrogens is 3. The Labute approximate surface area is 101 Å². The lowest BCUT2D eigenvalue weighted by Crippen LogP contribution is -2.33. The summed E-state index contributed by atoms with van der Waals surface area (Å²) >= 11 is 0. The Hall–Kier alpha value is -0.980. The first-order valence-electron chi connectivity index (χ1n) is 6.27. The van der Waals surface area contributed by atoms with Gasteiger partial charge in [-0.3, -0.25) is 4.90 Å². The van der Waals surface area contributed by atoms with Crippen LogP contribution in [-0.2, 0) is 17.9 Å². The molecule has 3 rings (SSSR count). The Balaban J connectivity index is 1.89. The standard InChI is InChI=1S/C11H19N5O/c1-15-4-2-3-12-7-9(15)11-14-13-10-8-17-6-5-16(10)11/h9,12H,2-8H2,1H3. The highest BCUT2D eigenvalue weighted by molar-refractivity contribution is 5.04. The highest BCUT2D eigenvalue weighted by Gasteiger charge is 2.27. The summed E-state index contributed by atoms with van der Waals surface area (Å²) in [6.07, 6.45) is 1.19. The number of hydrogen-bond donors (Lipinski definition) is 1. The minimum absolute atomic E-state index is 0.330. The summed E-state index contributed by atoms with van der Waals surface area (Å²) in [6, 6.07) is 0.330. The lowest BCUT2D eigenvalue weighted by atomic mass is 10.2. The number of nitrogens with zero attached hydrogens (tertiary/aromatic N) is 4. The molecule has 1 aromatic rings. The van der Waals surface area contributed by atoms with Crippen molar-refractivity contribution in [2.45, 2.75) is 25.6 Å². The van der Waals surface area contributed by atoms with Gasteiger partial charge in [-0.15, -0.1) is 10.2 Å². The maximum Gasteiger partial charge on any atom is 0.159 e. The van der Waals surface area contributed by atoms with E-state index in [-0.39, 0.29) is 0 Å². The van der Waals surface area contributed by atoms with Gasteiger partial charge in [0.25, 0.3) is 0 Å². The van der Waals surface area contributed by atoms with Crippen molar-refractivity contribution in [1.82, 2.24) is 25.0 Å². The molecule has 0 aromatic carbocycles. The predicted molar refractivity (Wildman–Crippen MR) is 62.5 cm³/mol. The molecule has 2 aliphatic rings. The van der Waals surface area contributed by atoms with Crippen LogP contribution in [0.1, 0.15) is 24.1 Å². The van der Waals surface area contributed by atoms with Gasteiger partial charge in [0.05, 0.1) is 12.6 Å². The number of likely N-dealkylation sites (N-methyl/N-ethyl adjacent to an activating group) is 1. The lowest BCUT2D eigenvalue weighted by Gasteiger charge is -2.26. The third kappa shape index (κ3) is 2.08. The summed E-state index contributed by atoms with van der Waals surface area (Å²) in [4.78, 5) is 2.37. The molecule has 6 heteroatoms. The van der Waals surface area contributed by atoms with Crippen LogP contribution in [0.2, 0.25) is 0 Å². The second kappa shape index (κ2) is 4.72. The number of fused-ring (bicyclic) bond motifs is 1. The number of rotatable bonds is 1. The largest absolute Gasteiger partial charge is 0.372 e. The zero-order valence-electron chi connectivity index (χ0n) is 10.2. The van der Waals surface area contributed by atoms with Crippen LogP contribution in [0.15, 0.2) is 0 Å². The van der Waals surface area contributed by atoms with Crippen LogP contribution in [0.4, 0.5) is 0 Å². The molecule has 1 saturated heterocycles. The van der Waals surface area contributed by atoms with E-state index in [0.29, 0.717) is 12.6 Å². The van der Waals surface area contributed by atoms with Crippen molar-refractivity contribution in [3.8, 4) is 0 Å². The summed E-state index contributed by atoms with van der Waals surface area (Å²) in [5, 5.41) is 12.1. The monoisotopic (exact) mass is 237 g/mol. The zero-order chi connectivity index (χ0) is 11.7. The molecule has 1 aromatic heterocycles. The third-order valence-electron chi connectivity index (χ3n) is 3.58. The normalized spacial score (nSPS) is 26.5. The second-order valence-corrected chi connectivity index (χ2v) is 4.73. The van der Waals surface area contributed by atoms with Gasteiger partial charge < -0.3 is 14.6 Å². The first-order chi connectivity index (χ1) is 8.36. The predicted octanol–water partition coefficient (Wildman–Crippen LogP) is -0.225. The van der Waals surface area contributed by atoms with Crippen molar-refractivity contribution in [1.29, 1.82) is 0 Å². The summed E-state index contributed by atoms with van der Waals surface area (Å²) in [5.74, 6) is 2.05. The molecule has 94 valence electrons. The fourth-order valence-corrected chi connectivity index (χ4v) is 2.56. The van der Waals surface area contributed by atoms with E-state index in [4.69, 9.17) is 4.74 Å². The van der Waals surface area contributed by atoms with Crippen LogP contribution in [0.3, 0.4) is 0 Å². The van der Waals surface area contributed by atoms with Gasteiger partial charge in [-0.25, -0.2) is 0 Å². The summed E-state index contributed by atoms with van der Waals surface area (Å²) < 4.78 is 7.62. The Kier molecular flexibility index (Phi) is 3.09. The van der Waals surface area contributed by atoms with Crippen LogP contribution in [0.25, 0.3) is 0 Å². The summed E-state index contributed by atoms with van der Waals surface area (Å²) in [6.45, 7) is 5.39. The molecule has 0 bridgehead atoms. The number of nitrogens with one attached hydrogen (secondary N) is 1. The summed E-state index contributed by atoms with van der Waals surface area (Å²) in [5.41, 5.74) is 0. The van der Waals surface area contributed by atoms with Gasteiger partial charge in [-0.05, 0) is 26.6 Å². The number of ether oxygens (including phenoxy) is 1. The molecule has 0 saturated carbocycles. The Morgan fingerprint density at radius 1 is 1.35 bits per heavy atom. The van der Waals surface area contributed by atoms with E-state index in [1.165, 1.54) is 6.42 Å². The minimum Gasteiger partial charge on any atom is -0.372 e. The van der Waals surface area contributed by atoms with Crippen LogP contribution < -0.4 is 5.32 Å². The highest BCUT2D eigenvalue weighted by atomic mass is 16.5. The average Bonchev–Trinajstić information content (AvgIpc) is 2.66. The van der Waals surface area contributed by atoms with E-state index in [9.17, 15) is 0 Å². The van der Waals surface area contributed by atoms with Crippen LogP contribution >= 0.6 is 0 Å². The fraction of sp³-hybridized carbons (Fsp3) is 0.818. The summed E-state index contributed by atoms with van der Waals surface area (Å²) in [7, 11) is 2.17. The van der Waals surface area contributed by atoms with Gasteiger partial charge in [0.15, 0.2) is 11.6 Å². The van der Waals surface area contributed by atoms with Crippen LogP contribution in [-0.4, -0.2) is 53.0 Å². The first kappa shape index (κ1) is 11.1. The zero-order valence-corrected chi connectivity index (χ0v) is 10.2. The van der Waals surface area contributed by atoms with E-state index in [1.807, 2.05) is 0 Å². The molecule has 0 spiro atoms. The molecule has 1 fully saturated rings. The quantitative estimate of drug-likeness (QED) is 0.731. The molecule has 0 amide bonds. The lowest BCUT2D eigenvalue weighted by molar-refractivity contribution is 0.0787. The molecule has 6 nitrogen and oxygen atoms in total. The van der Waals surface area contributed by atoms with Gasteiger partial charge in [-0.2, -0.15) is 0 Å². The SMILES string of the molecule is CN1CCCNCC1c1nnc2n1CCOC2. The number of hydrogen-bond acceptors (Lipinski definition) is 5. The molecule has 2 aliphatic heterocycles. The molecular formula is C11H19N5O. The molecular weight excluding hydrogens is 218 g/mol. The minimum atomic E-state index is 0.330. The van der Waals surface area contributed by atoms with E-state index < -0.39 is 0 Å². The van der Waals surface area contributed by atoms with Gasteiger partial charge >= 0.3 is 0 Å². The van der Waals surface area contributed by atoms with Gasteiger partial charge in [0.2, 0.25) is 0 Å². The van der Waals surface area contributed by atoms with Crippen molar-refractivity contribution >= 4 is 0 Å². The maximum atomic E-state index is 5.40. The topological polar surface area (TPSA) is 55.2 Å². The van der Waals surface area contributed by atoms with E-state index >= 15 is 0 Å². The molecule has 0 radical (unpaired) electrons. The van der Waals surface area contributed by atoms with Gasteiger partial charge in [0, 0.05) is 13.1 Å². The van der Waals surface area contributed by atoms with Crippen molar-refractivity contribution < 1.29 is 4.74 Å². The molecule has 0 aliphatic carbocycles. The maximum absolute atomic E-state index is 5.40. The van der Waals surface area contributed by atoms with E-state index in [1.54, 1.807) is 0 Å². The Bertz CT molecular complexity index is 391. The highest BCUT2D eigenvalue weighted by Crippen LogP contribution is 2.21. The first-order valence-corrected chi connectivity index (χ1v) is 6.27. The van der Waals surface area contributed by atoms with E-state index in [0.717, 1.165) is 44.4 Å². The Morgan fingerprint density at radius 2 is 2.29 bits per heavy atom. The smallest absolute Gasteiger partial charge is 0.159 e. The second-order valence-electron chi connectivity index (χ2n) is 4.73. The van der Waals surface area contributed by atoms with Gasteiger partial charge in [-0.1, -0.05) is 0 Å². The third-order valence-corrected chi connectivity index (χ3v) is 3.58. The Morgan fingerprint density at radius 3 is 3.24 bits per heavy atom. The van der Waals surface area contributed by atoms with Gasteiger partial charge in [0.1, 0.15) is 6.61 Å². The van der Waals surface area contributed by atoms with E-state index in [2.05, 4.69) is 32.0 Å². The average molecular weight is 237 g/mol. The molecule has 3 heterocycles. The van der Waals surface area contributed by atoms with Crippen molar-refractivity contribution in [2.75, 3.05) is 33.3 Å². The van der Waals surface area contributed by atoms with Crippen LogP contribution in [0.5, 0.6) is 0 Å². The van der Waals surface area contributed by atoms with Crippen molar-refractivity contribution in [3.05, 3.63) is 11.6 Å². The molecule has 1 N–H and O–H groups in total. The molecule has 1 unspecified atom stereocenters. The fourth-order valence-electron chi connectivity index (χ4n) is 2.56. The van der Waals surface area contributed by atoms with Crippen molar-refractivity contribution in [3.63, 3.8) is 0 Å². The molecule has 1 atom stereocenters. The molecule has 17 heavy (non-hydrogen) atoms. The van der Waals surface area contributed by atoms with Crippen molar-refractivity contribution in [2.24, 2.45) is 0 Å².